The van der Waals surface area contributed by atoms with Crippen LogP contribution in [0, 0.1) is 0 Å². The van der Waals surface area contributed by atoms with Gasteiger partial charge < -0.3 is 14.2 Å². The van der Waals surface area contributed by atoms with Gasteiger partial charge in [-0.15, -0.1) is 0 Å². The monoisotopic (exact) mass is 591 g/mol. The molecule has 6 nitrogen and oxygen atoms in total. The van der Waals surface area contributed by atoms with E-state index in [1.165, 1.54) is 6.07 Å². The lowest BCUT2D eigenvalue weighted by molar-refractivity contribution is -0.142. The van der Waals surface area contributed by atoms with Gasteiger partial charge in [-0.3, -0.25) is 9.69 Å². The summed E-state index contributed by atoms with van der Waals surface area (Å²) in [6, 6.07) is 17.2. The van der Waals surface area contributed by atoms with Crippen LogP contribution in [0.3, 0.4) is 0 Å². The van der Waals surface area contributed by atoms with Crippen molar-refractivity contribution in [1.82, 2.24) is 4.90 Å². The first kappa shape index (κ1) is 27.5. The Balaban J connectivity index is 1.62. The highest BCUT2D eigenvalue weighted by Gasteiger charge is 2.40. The summed E-state index contributed by atoms with van der Waals surface area (Å²) in [5, 5.41) is 0. The quantitative estimate of drug-likeness (QED) is 0.255. The van der Waals surface area contributed by atoms with Gasteiger partial charge in [0, 0.05) is 10.0 Å². The number of nitrogens with zero attached hydrogens (tertiary/aromatic N) is 1. The molecule has 0 unspecified atom stereocenters. The van der Waals surface area contributed by atoms with Crippen LogP contribution in [0.15, 0.2) is 71.2 Å². The Morgan fingerprint density at radius 3 is 2.50 bits per heavy atom. The van der Waals surface area contributed by atoms with Crippen LogP contribution in [0.25, 0.3) is 0 Å². The molecular weight excluding hydrogens is 567 g/mol. The van der Waals surface area contributed by atoms with E-state index in [1.54, 1.807) is 30.0 Å². The van der Waals surface area contributed by atoms with Gasteiger partial charge in [0.25, 0.3) is 0 Å². The summed E-state index contributed by atoms with van der Waals surface area (Å²) in [4.78, 5) is 26.2. The molecule has 3 aromatic carbocycles. The normalized spacial score (nSPS) is 17.3. The first-order valence-corrected chi connectivity index (χ1v) is 12.7. The molecule has 10 heteroatoms. The van der Waals surface area contributed by atoms with E-state index in [1.807, 2.05) is 37.3 Å². The molecular formula is C28H25BrF3NO5. The molecule has 1 amide bonds. The number of esters is 1. The number of cyclic esters (lactones) is 1. The maximum Gasteiger partial charge on any atom is 0.416 e. The minimum Gasteiger partial charge on any atom is -0.466 e. The van der Waals surface area contributed by atoms with Gasteiger partial charge in [0.15, 0.2) is 0 Å². The number of rotatable bonds is 8. The Hall–Kier alpha value is -3.53. The van der Waals surface area contributed by atoms with Crippen molar-refractivity contribution < 1.29 is 37.0 Å². The van der Waals surface area contributed by atoms with E-state index >= 15 is 0 Å². The zero-order valence-electron chi connectivity index (χ0n) is 20.6. The first-order chi connectivity index (χ1) is 18.0. The summed E-state index contributed by atoms with van der Waals surface area (Å²) in [7, 11) is 0. The van der Waals surface area contributed by atoms with Crippen molar-refractivity contribution in [3.05, 3.63) is 93.5 Å². The van der Waals surface area contributed by atoms with E-state index in [-0.39, 0.29) is 42.7 Å². The lowest BCUT2D eigenvalue weighted by Crippen LogP contribution is -2.31. The Morgan fingerprint density at radius 1 is 1.08 bits per heavy atom. The molecule has 3 aromatic rings. The van der Waals surface area contributed by atoms with Gasteiger partial charge in [-0.25, -0.2) is 4.79 Å². The van der Waals surface area contributed by atoms with Crippen molar-refractivity contribution >= 4 is 28.0 Å². The van der Waals surface area contributed by atoms with Crippen LogP contribution in [-0.4, -0.2) is 29.6 Å². The third-order valence-electron chi connectivity index (χ3n) is 6.06. The number of carbonyl (C=O) groups excluding carboxylic acids is 2. The van der Waals surface area contributed by atoms with Gasteiger partial charge in [0.2, 0.25) is 0 Å². The van der Waals surface area contributed by atoms with E-state index in [4.69, 9.17) is 14.2 Å². The van der Waals surface area contributed by atoms with Crippen molar-refractivity contribution in [1.29, 1.82) is 0 Å². The molecule has 0 bridgehead atoms. The maximum absolute atomic E-state index is 13.6. The minimum absolute atomic E-state index is 0.0955. The predicted octanol–water partition coefficient (Wildman–Crippen LogP) is 7.45. The van der Waals surface area contributed by atoms with Crippen LogP contribution >= 0.6 is 15.9 Å². The fourth-order valence-corrected chi connectivity index (χ4v) is 4.66. The summed E-state index contributed by atoms with van der Waals surface area (Å²) < 4.78 is 57.9. The number of halogens is 4. The van der Waals surface area contributed by atoms with Crippen molar-refractivity contribution in [3.8, 4) is 11.5 Å². The van der Waals surface area contributed by atoms with Gasteiger partial charge >= 0.3 is 18.2 Å². The van der Waals surface area contributed by atoms with Gasteiger partial charge in [0.1, 0.15) is 17.6 Å². The maximum atomic E-state index is 13.6. The molecule has 1 aliphatic rings. The van der Waals surface area contributed by atoms with Gasteiger partial charge in [-0.1, -0.05) is 46.3 Å². The molecule has 0 aromatic heterocycles. The highest BCUT2D eigenvalue weighted by Crippen LogP contribution is 2.38. The van der Waals surface area contributed by atoms with Crippen LogP contribution in [0.4, 0.5) is 18.0 Å². The van der Waals surface area contributed by atoms with Crippen LogP contribution in [0.5, 0.6) is 11.5 Å². The SMILES string of the molecule is CCOC(=O)Cc1cc(Oc2ccc(Br)cc2CN2C(=O)O[C@@H](c3ccccc3)[C@H]2C)cc(C(F)(F)F)c1. The molecule has 200 valence electrons. The zero-order chi connectivity index (χ0) is 27.4. The summed E-state index contributed by atoms with van der Waals surface area (Å²) >= 11 is 3.41. The van der Waals surface area contributed by atoms with Gasteiger partial charge in [-0.2, -0.15) is 13.2 Å². The molecule has 1 aliphatic heterocycles. The number of ether oxygens (including phenoxy) is 3. The molecule has 38 heavy (non-hydrogen) atoms. The molecule has 0 aliphatic carbocycles. The van der Waals surface area contributed by atoms with Crippen molar-refractivity contribution in [2.75, 3.05) is 6.61 Å². The van der Waals surface area contributed by atoms with Gasteiger partial charge in [-0.05, 0) is 61.4 Å². The van der Waals surface area contributed by atoms with E-state index in [0.29, 0.717) is 10.0 Å². The molecule has 0 N–H and O–H groups in total. The minimum atomic E-state index is -4.65. The standard InChI is InChI=1S/C28H25BrF3NO5/c1-3-36-25(34)13-18-11-21(28(30,31)32)15-23(12-18)37-24-10-9-22(29)14-20(24)16-33-17(2)26(38-27(33)35)19-7-5-4-6-8-19/h4-12,14-15,17,26H,3,13,16H2,1-2H3/t17-,26-/m1/s1. The fourth-order valence-electron chi connectivity index (χ4n) is 4.25. The Morgan fingerprint density at radius 2 is 1.82 bits per heavy atom. The summed E-state index contributed by atoms with van der Waals surface area (Å²) in [5.74, 6) is -0.476. The van der Waals surface area contributed by atoms with Crippen molar-refractivity contribution in [2.45, 2.75) is 45.1 Å². The second-order valence-electron chi connectivity index (χ2n) is 8.78. The number of amides is 1. The van der Waals surface area contributed by atoms with Crippen LogP contribution in [0.2, 0.25) is 0 Å². The van der Waals surface area contributed by atoms with Crippen molar-refractivity contribution in [2.24, 2.45) is 0 Å². The number of alkyl halides is 3. The van der Waals surface area contributed by atoms with Gasteiger partial charge in [0.05, 0.1) is 31.2 Å². The van der Waals surface area contributed by atoms with E-state index in [0.717, 1.165) is 17.7 Å². The molecule has 2 atom stereocenters. The second-order valence-corrected chi connectivity index (χ2v) is 9.70. The molecule has 1 fully saturated rings. The van der Waals surface area contributed by atoms with Crippen molar-refractivity contribution in [3.63, 3.8) is 0 Å². The molecule has 4 rings (SSSR count). The highest BCUT2D eigenvalue weighted by molar-refractivity contribution is 9.10. The third kappa shape index (κ3) is 6.48. The Labute approximate surface area is 226 Å². The second kappa shape index (κ2) is 11.5. The zero-order valence-corrected chi connectivity index (χ0v) is 22.2. The highest BCUT2D eigenvalue weighted by atomic mass is 79.9. The lowest BCUT2D eigenvalue weighted by Gasteiger charge is -2.22. The molecule has 0 spiro atoms. The Kier molecular flexibility index (Phi) is 8.30. The topological polar surface area (TPSA) is 65.1 Å². The first-order valence-electron chi connectivity index (χ1n) is 11.9. The van der Waals surface area contributed by atoms with Crippen LogP contribution in [0.1, 0.15) is 42.2 Å². The van der Waals surface area contributed by atoms with Crippen LogP contribution in [-0.2, 0) is 33.4 Å². The van der Waals surface area contributed by atoms with Crippen LogP contribution < -0.4 is 4.74 Å². The van der Waals surface area contributed by atoms with E-state index in [9.17, 15) is 22.8 Å². The number of hydrogen-bond donors (Lipinski definition) is 0. The van der Waals surface area contributed by atoms with E-state index in [2.05, 4.69) is 15.9 Å². The average Bonchev–Trinajstić information content (AvgIpc) is 3.14. The number of hydrogen-bond acceptors (Lipinski definition) is 5. The Bertz CT molecular complexity index is 1320. The molecule has 0 saturated carbocycles. The summed E-state index contributed by atoms with van der Waals surface area (Å²) in [5.41, 5.74) is 0.575. The molecule has 0 radical (unpaired) electrons. The van der Waals surface area contributed by atoms with E-state index < -0.39 is 29.9 Å². The lowest BCUT2D eigenvalue weighted by atomic mass is 10.0. The molecule has 1 heterocycles. The smallest absolute Gasteiger partial charge is 0.416 e. The number of benzene rings is 3. The summed E-state index contributed by atoms with van der Waals surface area (Å²) in [6.45, 7) is 3.71. The largest absolute Gasteiger partial charge is 0.466 e. The third-order valence-corrected chi connectivity index (χ3v) is 6.55. The molecule has 1 saturated heterocycles. The average molecular weight is 592 g/mol. The number of carbonyl (C=O) groups is 2. The predicted molar refractivity (Wildman–Crippen MR) is 137 cm³/mol. The fraction of sp³-hybridized carbons (Fsp3) is 0.286. The summed E-state index contributed by atoms with van der Waals surface area (Å²) in [6.07, 6.45) is -5.95.